The zero-order valence-corrected chi connectivity index (χ0v) is 15.6. The van der Waals surface area contributed by atoms with Crippen molar-refractivity contribution in [2.24, 2.45) is 0 Å². The van der Waals surface area contributed by atoms with E-state index in [0.717, 1.165) is 5.56 Å². The average Bonchev–Trinajstić information content (AvgIpc) is 2.61. The van der Waals surface area contributed by atoms with Gasteiger partial charge < -0.3 is 14.8 Å². The zero-order chi connectivity index (χ0) is 18.3. The second-order valence-corrected chi connectivity index (χ2v) is 6.88. The quantitative estimate of drug-likeness (QED) is 0.721. The zero-order valence-electron chi connectivity index (χ0n) is 14.8. The molecule has 5 heteroatoms. The first-order valence-electron chi connectivity index (χ1n) is 8.18. The number of halogens is 1. The SMILES string of the molecule is COCCOc1cccc(C(=O)NCC(C)(C)c2ccc(Cl)cc2)c1. The number of ether oxygens (including phenoxy) is 2. The van der Waals surface area contributed by atoms with Gasteiger partial charge in [-0.2, -0.15) is 0 Å². The van der Waals surface area contributed by atoms with Gasteiger partial charge in [0.1, 0.15) is 12.4 Å². The Morgan fingerprint density at radius 2 is 1.84 bits per heavy atom. The van der Waals surface area contributed by atoms with Crippen LogP contribution in [0.2, 0.25) is 5.02 Å². The minimum atomic E-state index is -0.202. The van der Waals surface area contributed by atoms with Crippen LogP contribution in [-0.4, -0.2) is 32.8 Å². The summed E-state index contributed by atoms with van der Waals surface area (Å²) in [6, 6.07) is 14.8. The molecule has 4 nitrogen and oxygen atoms in total. The molecule has 134 valence electrons. The van der Waals surface area contributed by atoms with Crippen LogP contribution < -0.4 is 10.1 Å². The highest BCUT2D eigenvalue weighted by Crippen LogP contribution is 2.24. The molecule has 0 unspecified atom stereocenters. The second-order valence-electron chi connectivity index (χ2n) is 6.44. The predicted octanol–water partition coefficient (Wildman–Crippen LogP) is 4.07. The van der Waals surface area contributed by atoms with E-state index in [1.54, 1.807) is 25.3 Å². The van der Waals surface area contributed by atoms with Gasteiger partial charge >= 0.3 is 0 Å². The first-order chi connectivity index (χ1) is 11.9. The number of hydrogen-bond donors (Lipinski definition) is 1. The van der Waals surface area contributed by atoms with Crippen LogP contribution in [-0.2, 0) is 10.2 Å². The van der Waals surface area contributed by atoms with Crippen molar-refractivity contribution in [2.75, 3.05) is 26.9 Å². The summed E-state index contributed by atoms with van der Waals surface area (Å²) in [5, 5.41) is 3.70. The lowest BCUT2D eigenvalue weighted by atomic mass is 9.84. The lowest BCUT2D eigenvalue weighted by molar-refractivity contribution is 0.0945. The number of carbonyl (C=O) groups is 1. The van der Waals surface area contributed by atoms with Crippen molar-refractivity contribution in [3.05, 3.63) is 64.7 Å². The van der Waals surface area contributed by atoms with E-state index in [1.165, 1.54) is 0 Å². The van der Waals surface area contributed by atoms with Crippen molar-refractivity contribution in [3.8, 4) is 5.75 Å². The Bertz CT molecular complexity index is 698. The molecule has 2 aromatic rings. The van der Waals surface area contributed by atoms with Crippen molar-refractivity contribution in [1.82, 2.24) is 5.32 Å². The van der Waals surface area contributed by atoms with Gasteiger partial charge in [0.05, 0.1) is 6.61 Å². The van der Waals surface area contributed by atoms with Crippen molar-refractivity contribution in [3.63, 3.8) is 0 Å². The third-order valence-electron chi connectivity index (χ3n) is 3.97. The summed E-state index contributed by atoms with van der Waals surface area (Å²) >= 11 is 5.94. The smallest absolute Gasteiger partial charge is 0.251 e. The van der Waals surface area contributed by atoms with E-state index in [0.29, 0.717) is 36.1 Å². The average molecular weight is 362 g/mol. The van der Waals surface area contributed by atoms with Crippen molar-refractivity contribution < 1.29 is 14.3 Å². The molecule has 2 aromatic carbocycles. The Morgan fingerprint density at radius 3 is 2.52 bits per heavy atom. The number of benzene rings is 2. The van der Waals surface area contributed by atoms with Gasteiger partial charge in [-0.05, 0) is 35.9 Å². The van der Waals surface area contributed by atoms with Crippen molar-refractivity contribution >= 4 is 17.5 Å². The Morgan fingerprint density at radius 1 is 1.12 bits per heavy atom. The number of hydrogen-bond acceptors (Lipinski definition) is 3. The molecule has 0 fully saturated rings. The highest BCUT2D eigenvalue weighted by molar-refractivity contribution is 6.30. The first kappa shape index (κ1) is 19.3. The van der Waals surface area contributed by atoms with Crippen LogP contribution in [0.1, 0.15) is 29.8 Å². The highest BCUT2D eigenvalue weighted by atomic mass is 35.5. The van der Waals surface area contributed by atoms with Gasteiger partial charge in [0, 0.05) is 29.7 Å². The molecule has 0 heterocycles. The second kappa shape index (κ2) is 8.88. The molecule has 0 aliphatic rings. The van der Waals surface area contributed by atoms with Crippen molar-refractivity contribution in [1.29, 1.82) is 0 Å². The fourth-order valence-corrected chi connectivity index (χ4v) is 2.50. The summed E-state index contributed by atoms with van der Waals surface area (Å²) in [7, 11) is 1.62. The maximum Gasteiger partial charge on any atom is 0.251 e. The van der Waals surface area contributed by atoms with E-state index >= 15 is 0 Å². The topological polar surface area (TPSA) is 47.6 Å². The minimum absolute atomic E-state index is 0.126. The molecule has 1 N–H and O–H groups in total. The summed E-state index contributed by atoms with van der Waals surface area (Å²) < 4.78 is 10.5. The van der Waals surface area contributed by atoms with Crippen LogP contribution in [0.3, 0.4) is 0 Å². The lowest BCUT2D eigenvalue weighted by Gasteiger charge is -2.25. The van der Waals surface area contributed by atoms with E-state index in [4.69, 9.17) is 21.1 Å². The molecule has 0 radical (unpaired) electrons. The molecule has 0 atom stereocenters. The maximum absolute atomic E-state index is 12.4. The van der Waals surface area contributed by atoms with Crippen LogP contribution in [0.5, 0.6) is 5.75 Å². The van der Waals surface area contributed by atoms with Gasteiger partial charge in [-0.1, -0.05) is 43.6 Å². The van der Waals surface area contributed by atoms with Crippen LogP contribution in [0.25, 0.3) is 0 Å². The number of nitrogens with one attached hydrogen (secondary N) is 1. The largest absolute Gasteiger partial charge is 0.491 e. The molecular weight excluding hydrogens is 338 g/mol. The normalized spacial score (nSPS) is 11.2. The molecule has 0 bridgehead atoms. The van der Waals surface area contributed by atoms with Crippen molar-refractivity contribution in [2.45, 2.75) is 19.3 Å². The van der Waals surface area contributed by atoms with E-state index < -0.39 is 0 Å². The van der Waals surface area contributed by atoms with E-state index in [9.17, 15) is 4.79 Å². The van der Waals surface area contributed by atoms with Gasteiger partial charge in [-0.15, -0.1) is 0 Å². The summed E-state index contributed by atoms with van der Waals surface area (Å²) in [4.78, 5) is 12.4. The third kappa shape index (κ3) is 5.76. The molecule has 25 heavy (non-hydrogen) atoms. The van der Waals surface area contributed by atoms with E-state index in [1.807, 2.05) is 30.3 Å². The van der Waals surface area contributed by atoms with Crippen LogP contribution in [0.15, 0.2) is 48.5 Å². The summed E-state index contributed by atoms with van der Waals surface area (Å²) in [5.41, 5.74) is 1.49. The predicted molar refractivity (Wildman–Crippen MR) is 101 cm³/mol. The molecule has 1 amide bonds. The molecule has 2 rings (SSSR count). The van der Waals surface area contributed by atoms with Gasteiger partial charge in [0.25, 0.3) is 5.91 Å². The Hall–Kier alpha value is -2.04. The molecule has 0 saturated carbocycles. The van der Waals surface area contributed by atoms with Gasteiger partial charge in [-0.3, -0.25) is 4.79 Å². The number of amides is 1. The molecule has 0 spiro atoms. The number of rotatable bonds is 8. The highest BCUT2D eigenvalue weighted by Gasteiger charge is 2.21. The number of carbonyl (C=O) groups excluding carboxylic acids is 1. The molecule has 0 aromatic heterocycles. The summed E-state index contributed by atoms with van der Waals surface area (Å²) in [6.45, 7) is 5.64. The van der Waals surface area contributed by atoms with E-state index in [2.05, 4.69) is 19.2 Å². The first-order valence-corrected chi connectivity index (χ1v) is 8.56. The fraction of sp³-hybridized carbons (Fsp3) is 0.350. The molecular formula is C20H24ClNO3. The monoisotopic (exact) mass is 361 g/mol. The van der Waals surface area contributed by atoms with Crippen LogP contribution in [0.4, 0.5) is 0 Å². The standard InChI is InChI=1S/C20H24ClNO3/c1-20(2,16-7-9-17(21)10-8-16)14-22-19(23)15-5-4-6-18(13-15)25-12-11-24-3/h4-10,13H,11-12,14H2,1-3H3,(H,22,23). The lowest BCUT2D eigenvalue weighted by Crippen LogP contribution is -2.36. The van der Waals surface area contributed by atoms with Gasteiger partial charge in [-0.25, -0.2) is 0 Å². The molecule has 0 aliphatic carbocycles. The number of methoxy groups -OCH3 is 1. The van der Waals surface area contributed by atoms with Crippen LogP contribution >= 0.6 is 11.6 Å². The Labute approximate surface area is 154 Å². The van der Waals surface area contributed by atoms with E-state index in [-0.39, 0.29) is 11.3 Å². The summed E-state index contributed by atoms with van der Waals surface area (Å²) in [5.74, 6) is 0.529. The fourth-order valence-electron chi connectivity index (χ4n) is 2.38. The third-order valence-corrected chi connectivity index (χ3v) is 4.22. The minimum Gasteiger partial charge on any atom is -0.491 e. The molecule has 0 saturated heterocycles. The van der Waals surface area contributed by atoms with Crippen LogP contribution in [0, 0.1) is 0 Å². The summed E-state index contributed by atoms with van der Waals surface area (Å²) in [6.07, 6.45) is 0. The Balaban J connectivity index is 1.97. The maximum atomic E-state index is 12.4. The molecule has 0 aliphatic heterocycles. The van der Waals surface area contributed by atoms with Gasteiger partial charge in [0.2, 0.25) is 0 Å². The Kier molecular flexibility index (Phi) is 6.85. The van der Waals surface area contributed by atoms with Gasteiger partial charge in [0.15, 0.2) is 0 Å².